The molecule has 1 aromatic carbocycles. The fraction of sp³-hybridized carbons (Fsp3) is 0.556. The van der Waals surface area contributed by atoms with Crippen LogP contribution >= 0.6 is 0 Å². The molecule has 3 N–H and O–H groups in total. The molecular formula is C18H24F3N3O3. The van der Waals surface area contributed by atoms with Crippen LogP contribution in [0.3, 0.4) is 0 Å². The van der Waals surface area contributed by atoms with Crippen molar-refractivity contribution in [3.05, 3.63) is 23.3 Å². The Balaban J connectivity index is 2.26. The van der Waals surface area contributed by atoms with Crippen molar-refractivity contribution in [2.45, 2.75) is 58.4 Å². The van der Waals surface area contributed by atoms with Crippen LogP contribution in [0.4, 0.5) is 29.3 Å². The molecule has 2 amide bonds. The van der Waals surface area contributed by atoms with Crippen LogP contribution < -0.4 is 11.1 Å². The summed E-state index contributed by atoms with van der Waals surface area (Å²) in [5.74, 6) is -0.723. The first-order chi connectivity index (χ1) is 12.3. The Hall–Kier alpha value is -2.45. The minimum Gasteiger partial charge on any atom is -0.444 e. The lowest BCUT2D eigenvalue weighted by Crippen LogP contribution is -2.45. The molecule has 2 rings (SSSR count). The second-order valence-corrected chi connectivity index (χ2v) is 7.60. The summed E-state index contributed by atoms with van der Waals surface area (Å²) in [7, 11) is 0. The number of likely N-dealkylation sites (tertiary alicyclic amines) is 1. The van der Waals surface area contributed by atoms with Gasteiger partial charge in [-0.1, -0.05) is 0 Å². The predicted molar refractivity (Wildman–Crippen MR) is 95.2 cm³/mol. The first kappa shape index (κ1) is 20.9. The van der Waals surface area contributed by atoms with Crippen LogP contribution in [0.5, 0.6) is 0 Å². The normalized spacial score (nSPS) is 17.7. The molecule has 1 aliphatic rings. The highest BCUT2D eigenvalue weighted by atomic mass is 19.4. The topological polar surface area (TPSA) is 84.7 Å². The van der Waals surface area contributed by atoms with Crippen LogP contribution in [0, 0.1) is 6.92 Å². The van der Waals surface area contributed by atoms with Crippen molar-refractivity contribution in [2.75, 3.05) is 17.6 Å². The van der Waals surface area contributed by atoms with Crippen molar-refractivity contribution in [3.63, 3.8) is 0 Å². The number of ether oxygens (including phenoxy) is 1. The molecule has 0 aromatic heterocycles. The second-order valence-electron chi connectivity index (χ2n) is 7.60. The number of hydrogen-bond donors (Lipinski definition) is 2. The van der Waals surface area contributed by atoms with Crippen molar-refractivity contribution in [3.8, 4) is 0 Å². The van der Waals surface area contributed by atoms with Gasteiger partial charge in [0, 0.05) is 6.54 Å². The molecule has 0 aliphatic carbocycles. The number of amides is 2. The predicted octanol–water partition coefficient (Wildman–Crippen LogP) is 3.93. The number of nitrogen functional groups attached to an aromatic ring is 1. The summed E-state index contributed by atoms with van der Waals surface area (Å²) in [5.41, 5.74) is 3.61. The molecule has 0 radical (unpaired) electrons. The van der Waals surface area contributed by atoms with E-state index >= 15 is 0 Å². The Morgan fingerprint density at radius 2 is 1.89 bits per heavy atom. The van der Waals surface area contributed by atoms with Gasteiger partial charge in [-0.25, -0.2) is 4.79 Å². The van der Waals surface area contributed by atoms with Crippen LogP contribution in [0.2, 0.25) is 0 Å². The number of halogens is 3. The maximum Gasteiger partial charge on any atom is 0.418 e. The largest absolute Gasteiger partial charge is 0.444 e. The van der Waals surface area contributed by atoms with Gasteiger partial charge in [0.15, 0.2) is 0 Å². The molecule has 27 heavy (non-hydrogen) atoms. The van der Waals surface area contributed by atoms with E-state index < -0.39 is 41.1 Å². The molecule has 1 heterocycles. The van der Waals surface area contributed by atoms with Crippen molar-refractivity contribution in [1.29, 1.82) is 0 Å². The zero-order valence-electron chi connectivity index (χ0n) is 15.7. The van der Waals surface area contributed by atoms with Crippen molar-refractivity contribution in [2.24, 2.45) is 0 Å². The monoisotopic (exact) mass is 387 g/mol. The summed E-state index contributed by atoms with van der Waals surface area (Å²) in [6, 6.07) is 1.36. The fourth-order valence-corrected chi connectivity index (χ4v) is 2.96. The molecule has 0 spiro atoms. The quantitative estimate of drug-likeness (QED) is 0.753. The van der Waals surface area contributed by atoms with Crippen LogP contribution in [0.1, 0.15) is 44.7 Å². The summed E-state index contributed by atoms with van der Waals surface area (Å²) in [6.07, 6.45) is -4.47. The highest BCUT2D eigenvalue weighted by molar-refractivity contribution is 6.00. The Kier molecular flexibility index (Phi) is 5.63. The van der Waals surface area contributed by atoms with Gasteiger partial charge in [-0.05, 0) is 58.2 Å². The van der Waals surface area contributed by atoms with Gasteiger partial charge in [0.25, 0.3) is 0 Å². The van der Waals surface area contributed by atoms with Crippen LogP contribution in [-0.2, 0) is 15.7 Å². The number of anilines is 2. The summed E-state index contributed by atoms with van der Waals surface area (Å²) < 4.78 is 45.3. The minimum atomic E-state index is -4.68. The third-order valence-electron chi connectivity index (χ3n) is 4.05. The Bertz CT molecular complexity index is 742. The number of rotatable bonds is 2. The fourth-order valence-electron chi connectivity index (χ4n) is 2.96. The number of nitrogens with zero attached hydrogens (tertiary/aromatic N) is 1. The molecule has 1 saturated heterocycles. The average Bonchev–Trinajstić information content (AvgIpc) is 2.96. The summed E-state index contributed by atoms with van der Waals surface area (Å²) in [4.78, 5) is 26.1. The van der Waals surface area contributed by atoms with Crippen LogP contribution in [-0.4, -0.2) is 35.1 Å². The number of benzene rings is 1. The van der Waals surface area contributed by atoms with Crippen molar-refractivity contribution >= 4 is 23.4 Å². The van der Waals surface area contributed by atoms with Gasteiger partial charge in [0.1, 0.15) is 11.6 Å². The van der Waals surface area contributed by atoms with Gasteiger partial charge < -0.3 is 15.8 Å². The number of hydrogen-bond acceptors (Lipinski definition) is 4. The zero-order chi connectivity index (χ0) is 20.6. The van der Waals surface area contributed by atoms with Gasteiger partial charge in [0.2, 0.25) is 5.91 Å². The Morgan fingerprint density at radius 1 is 1.26 bits per heavy atom. The SMILES string of the molecule is Cc1cc(N)c(NC(=O)C2CCCN2C(=O)OC(C)(C)C)c(C(F)(F)F)c1. The van der Waals surface area contributed by atoms with E-state index in [-0.39, 0.29) is 5.69 Å². The Labute approximate surface area is 155 Å². The Morgan fingerprint density at radius 3 is 2.44 bits per heavy atom. The standard InChI is InChI=1S/C18H24F3N3O3/c1-10-8-11(18(19,20)21)14(12(22)9-10)23-15(25)13-6-5-7-24(13)16(26)27-17(2,3)4/h8-9,13H,5-7,22H2,1-4H3,(H,23,25). The molecule has 1 unspecified atom stereocenters. The first-order valence-electron chi connectivity index (χ1n) is 8.57. The second kappa shape index (κ2) is 7.28. The van der Waals surface area contributed by atoms with E-state index in [1.165, 1.54) is 17.9 Å². The molecule has 1 atom stereocenters. The minimum absolute atomic E-state index is 0.183. The number of alkyl halides is 3. The van der Waals surface area contributed by atoms with Crippen LogP contribution in [0.15, 0.2) is 12.1 Å². The zero-order valence-corrected chi connectivity index (χ0v) is 15.7. The highest BCUT2D eigenvalue weighted by Crippen LogP contribution is 2.39. The van der Waals surface area contributed by atoms with E-state index in [9.17, 15) is 22.8 Å². The molecular weight excluding hydrogens is 363 g/mol. The van der Waals surface area contributed by atoms with E-state index in [4.69, 9.17) is 10.5 Å². The molecule has 9 heteroatoms. The van der Waals surface area contributed by atoms with E-state index in [2.05, 4.69) is 5.32 Å². The molecule has 1 aliphatic heterocycles. The van der Waals surface area contributed by atoms with Gasteiger partial charge >= 0.3 is 12.3 Å². The number of carbonyl (C=O) groups is 2. The lowest BCUT2D eigenvalue weighted by atomic mass is 10.1. The third kappa shape index (κ3) is 5.05. The average molecular weight is 387 g/mol. The molecule has 6 nitrogen and oxygen atoms in total. The molecule has 1 fully saturated rings. The van der Waals surface area contributed by atoms with E-state index in [1.807, 2.05) is 0 Å². The molecule has 1 aromatic rings. The molecule has 150 valence electrons. The van der Waals surface area contributed by atoms with Gasteiger partial charge in [-0.2, -0.15) is 13.2 Å². The summed E-state index contributed by atoms with van der Waals surface area (Å²) in [6.45, 7) is 6.86. The summed E-state index contributed by atoms with van der Waals surface area (Å²) in [5, 5.41) is 2.27. The van der Waals surface area contributed by atoms with Crippen molar-refractivity contribution < 1.29 is 27.5 Å². The van der Waals surface area contributed by atoms with Gasteiger partial charge in [-0.3, -0.25) is 9.69 Å². The molecule has 0 bridgehead atoms. The smallest absolute Gasteiger partial charge is 0.418 e. The number of nitrogens with one attached hydrogen (secondary N) is 1. The number of aryl methyl sites for hydroxylation is 1. The van der Waals surface area contributed by atoms with Crippen molar-refractivity contribution in [1.82, 2.24) is 4.90 Å². The maximum absolute atomic E-state index is 13.3. The number of nitrogens with two attached hydrogens (primary N) is 1. The van der Waals surface area contributed by atoms with E-state index in [0.29, 0.717) is 24.9 Å². The van der Waals surface area contributed by atoms with Gasteiger partial charge in [0.05, 0.1) is 16.9 Å². The number of carbonyl (C=O) groups excluding carboxylic acids is 2. The first-order valence-corrected chi connectivity index (χ1v) is 8.57. The van der Waals surface area contributed by atoms with E-state index in [0.717, 1.165) is 6.07 Å². The maximum atomic E-state index is 13.3. The highest BCUT2D eigenvalue weighted by Gasteiger charge is 2.39. The lowest BCUT2D eigenvalue weighted by molar-refractivity contribution is -0.137. The molecule has 0 saturated carbocycles. The third-order valence-corrected chi connectivity index (χ3v) is 4.05. The lowest BCUT2D eigenvalue weighted by Gasteiger charge is -2.28. The summed E-state index contributed by atoms with van der Waals surface area (Å²) >= 11 is 0. The van der Waals surface area contributed by atoms with E-state index in [1.54, 1.807) is 20.8 Å². The van der Waals surface area contributed by atoms with Gasteiger partial charge in [-0.15, -0.1) is 0 Å². The van der Waals surface area contributed by atoms with Crippen LogP contribution in [0.25, 0.3) is 0 Å².